The summed E-state index contributed by atoms with van der Waals surface area (Å²) < 4.78 is 6.26. The van der Waals surface area contributed by atoms with Crippen molar-refractivity contribution in [2.45, 2.75) is 58.0 Å². The van der Waals surface area contributed by atoms with Gasteiger partial charge in [0.25, 0.3) is 0 Å². The van der Waals surface area contributed by atoms with Crippen molar-refractivity contribution in [1.29, 1.82) is 0 Å². The summed E-state index contributed by atoms with van der Waals surface area (Å²) in [5.74, 6) is 1.69. The quantitative estimate of drug-likeness (QED) is 0.705. The Morgan fingerprint density at radius 1 is 1.09 bits per heavy atom. The Morgan fingerprint density at radius 3 is 2.68 bits per heavy atom. The summed E-state index contributed by atoms with van der Waals surface area (Å²) >= 11 is 0. The van der Waals surface area contributed by atoms with Crippen LogP contribution in [0.2, 0.25) is 0 Å². The molecule has 0 N–H and O–H groups in total. The van der Waals surface area contributed by atoms with E-state index in [0.29, 0.717) is 12.0 Å². The molecule has 0 radical (unpaired) electrons. The number of rotatable bonds is 5. The minimum absolute atomic E-state index is 0.388. The molecule has 0 saturated heterocycles. The van der Waals surface area contributed by atoms with Crippen molar-refractivity contribution < 1.29 is 4.74 Å². The Labute approximate surface area is 134 Å². The molecule has 0 saturated carbocycles. The Bertz CT molecular complexity index is 601. The van der Waals surface area contributed by atoms with Gasteiger partial charge in [-0.05, 0) is 60.8 Å². The van der Waals surface area contributed by atoms with Crippen molar-refractivity contribution in [1.82, 2.24) is 0 Å². The van der Waals surface area contributed by atoms with Gasteiger partial charge in [0.1, 0.15) is 5.75 Å². The van der Waals surface area contributed by atoms with E-state index in [-0.39, 0.29) is 0 Å². The normalized spacial score (nSPS) is 17.1. The van der Waals surface area contributed by atoms with Crippen LogP contribution in [0.25, 0.3) is 0 Å². The lowest BCUT2D eigenvalue weighted by Crippen LogP contribution is -2.22. The molecule has 1 unspecified atom stereocenters. The first-order chi connectivity index (χ1) is 10.7. The van der Waals surface area contributed by atoms with Crippen molar-refractivity contribution in [3.05, 3.63) is 65.2 Å². The van der Waals surface area contributed by atoms with E-state index in [9.17, 15) is 0 Å². The van der Waals surface area contributed by atoms with Gasteiger partial charge in [-0.15, -0.1) is 0 Å². The summed E-state index contributed by atoms with van der Waals surface area (Å²) in [6, 6.07) is 17.5. The lowest BCUT2D eigenvalue weighted by molar-refractivity contribution is 0.161. The molecule has 116 valence electrons. The SMILES string of the molecule is CC(C)c1ccc2c(c1)OC(CCCc1ccccc1)CC2. The van der Waals surface area contributed by atoms with E-state index >= 15 is 0 Å². The second-order valence-electron chi connectivity index (χ2n) is 6.68. The van der Waals surface area contributed by atoms with Gasteiger partial charge in [0.2, 0.25) is 0 Å². The van der Waals surface area contributed by atoms with Crippen LogP contribution >= 0.6 is 0 Å². The summed E-state index contributed by atoms with van der Waals surface area (Å²) in [6.45, 7) is 4.48. The maximum atomic E-state index is 6.26. The Morgan fingerprint density at radius 2 is 1.91 bits per heavy atom. The molecule has 1 nitrogen and oxygen atoms in total. The number of hydrogen-bond donors (Lipinski definition) is 0. The zero-order valence-electron chi connectivity index (χ0n) is 13.7. The molecule has 1 aliphatic heterocycles. The smallest absolute Gasteiger partial charge is 0.123 e. The van der Waals surface area contributed by atoms with Gasteiger partial charge in [-0.1, -0.05) is 56.3 Å². The standard InChI is InChI=1S/C21H26O/c1-16(2)19-12-11-18-13-14-20(22-21(18)15-19)10-6-9-17-7-4-3-5-8-17/h3-5,7-8,11-12,15-16,20H,6,9-10,13-14H2,1-2H3. The fraction of sp³-hybridized carbons (Fsp3) is 0.429. The van der Waals surface area contributed by atoms with Crippen LogP contribution in [0.5, 0.6) is 5.75 Å². The molecule has 1 heteroatoms. The van der Waals surface area contributed by atoms with E-state index in [0.717, 1.165) is 31.4 Å². The van der Waals surface area contributed by atoms with Crippen molar-refractivity contribution in [3.8, 4) is 5.75 Å². The van der Waals surface area contributed by atoms with Crippen LogP contribution in [-0.2, 0) is 12.8 Å². The first-order valence-corrected chi connectivity index (χ1v) is 8.56. The molecule has 0 aromatic heterocycles. The highest BCUT2D eigenvalue weighted by atomic mass is 16.5. The molecule has 2 aromatic carbocycles. The van der Waals surface area contributed by atoms with E-state index in [1.54, 1.807) is 0 Å². The van der Waals surface area contributed by atoms with Gasteiger partial charge in [-0.25, -0.2) is 0 Å². The highest BCUT2D eigenvalue weighted by Gasteiger charge is 2.20. The molecule has 22 heavy (non-hydrogen) atoms. The predicted molar refractivity (Wildman–Crippen MR) is 92.6 cm³/mol. The second kappa shape index (κ2) is 7.00. The van der Waals surface area contributed by atoms with Crippen LogP contribution in [0.4, 0.5) is 0 Å². The molecule has 3 rings (SSSR count). The van der Waals surface area contributed by atoms with E-state index < -0.39 is 0 Å². The van der Waals surface area contributed by atoms with Crippen LogP contribution in [0, 0.1) is 0 Å². The molecule has 0 bridgehead atoms. The van der Waals surface area contributed by atoms with Crippen LogP contribution < -0.4 is 4.74 Å². The van der Waals surface area contributed by atoms with E-state index in [2.05, 4.69) is 62.4 Å². The third-order valence-corrected chi connectivity index (χ3v) is 4.62. The molecule has 1 atom stereocenters. The number of hydrogen-bond acceptors (Lipinski definition) is 1. The molecule has 1 heterocycles. The zero-order chi connectivity index (χ0) is 15.4. The fourth-order valence-corrected chi connectivity index (χ4v) is 3.18. The van der Waals surface area contributed by atoms with Crippen LogP contribution in [0.1, 0.15) is 55.7 Å². The van der Waals surface area contributed by atoms with Gasteiger partial charge in [0, 0.05) is 0 Å². The van der Waals surface area contributed by atoms with Crippen molar-refractivity contribution in [3.63, 3.8) is 0 Å². The second-order valence-corrected chi connectivity index (χ2v) is 6.68. The lowest BCUT2D eigenvalue weighted by atomic mass is 9.94. The molecule has 0 spiro atoms. The topological polar surface area (TPSA) is 9.23 Å². The maximum Gasteiger partial charge on any atom is 0.123 e. The summed E-state index contributed by atoms with van der Waals surface area (Å²) in [5.41, 5.74) is 4.19. The fourth-order valence-electron chi connectivity index (χ4n) is 3.18. The molecule has 0 amide bonds. The Kier molecular flexibility index (Phi) is 4.82. The average molecular weight is 294 g/mol. The molecule has 1 aliphatic rings. The first kappa shape index (κ1) is 15.1. The molecular formula is C21H26O. The highest BCUT2D eigenvalue weighted by Crippen LogP contribution is 2.32. The number of ether oxygens (including phenoxy) is 1. The number of aryl methyl sites for hydroxylation is 2. The molecule has 2 aromatic rings. The average Bonchev–Trinajstić information content (AvgIpc) is 2.55. The summed E-state index contributed by atoms with van der Waals surface area (Å²) in [4.78, 5) is 0. The first-order valence-electron chi connectivity index (χ1n) is 8.56. The Balaban J connectivity index is 1.56. The predicted octanol–water partition coefficient (Wildman–Crippen LogP) is 5.53. The molecule has 0 aliphatic carbocycles. The molecule has 0 fully saturated rings. The van der Waals surface area contributed by atoms with Gasteiger partial charge in [-0.2, -0.15) is 0 Å². The van der Waals surface area contributed by atoms with Gasteiger partial charge in [0.05, 0.1) is 6.10 Å². The van der Waals surface area contributed by atoms with E-state index in [1.807, 2.05) is 0 Å². The Hall–Kier alpha value is -1.76. The van der Waals surface area contributed by atoms with E-state index in [4.69, 9.17) is 4.74 Å². The van der Waals surface area contributed by atoms with Crippen LogP contribution in [-0.4, -0.2) is 6.10 Å². The summed E-state index contributed by atoms with van der Waals surface area (Å²) in [7, 11) is 0. The monoisotopic (exact) mass is 294 g/mol. The summed E-state index contributed by atoms with van der Waals surface area (Å²) in [5, 5.41) is 0. The van der Waals surface area contributed by atoms with Gasteiger partial charge >= 0.3 is 0 Å². The third kappa shape index (κ3) is 3.71. The molecular weight excluding hydrogens is 268 g/mol. The zero-order valence-corrected chi connectivity index (χ0v) is 13.7. The lowest BCUT2D eigenvalue weighted by Gasteiger charge is -2.27. The number of fused-ring (bicyclic) bond motifs is 1. The van der Waals surface area contributed by atoms with Gasteiger partial charge in [-0.3, -0.25) is 0 Å². The van der Waals surface area contributed by atoms with Gasteiger partial charge < -0.3 is 4.74 Å². The minimum Gasteiger partial charge on any atom is -0.490 e. The van der Waals surface area contributed by atoms with E-state index in [1.165, 1.54) is 23.1 Å². The van der Waals surface area contributed by atoms with Crippen LogP contribution in [0.3, 0.4) is 0 Å². The van der Waals surface area contributed by atoms with Crippen LogP contribution in [0.15, 0.2) is 48.5 Å². The summed E-state index contributed by atoms with van der Waals surface area (Å²) in [6.07, 6.45) is 6.21. The minimum atomic E-state index is 0.388. The largest absolute Gasteiger partial charge is 0.490 e. The van der Waals surface area contributed by atoms with Gasteiger partial charge in [0.15, 0.2) is 0 Å². The van der Waals surface area contributed by atoms with Crippen molar-refractivity contribution in [2.75, 3.05) is 0 Å². The maximum absolute atomic E-state index is 6.26. The van der Waals surface area contributed by atoms with Crippen molar-refractivity contribution in [2.24, 2.45) is 0 Å². The van der Waals surface area contributed by atoms with Crippen molar-refractivity contribution >= 4 is 0 Å². The number of benzene rings is 2. The third-order valence-electron chi connectivity index (χ3n) is 4.62. The highest BCUT2D eigenvalue weighted by molar-refractivity contribution is 5.40.